The number of carbonyl (C=O) groups is 2. The number of nitrogens with one attached hydrogen (secondary N) is 1. The van der Waals surface area contributed by atoms with Crippen molar-refractivity contribution >= 4 is 17.6 Å². The predicted octanol–water partition coefficient (Wildman–Crippen LogP) is 2.38. The Labute approximate surface area is 137 Å². The number of nitrogens with zero attached hydrogens (tertiary/aromatic N) is 1. The maximum absolute atomic E-state index is 12.0. The van der Waals surface area contributed by atoms with Gasteiger partial charge in [0, 0.05) is 12.6 Å². The zero-order chi connectivity index (χ0) is 17.5. The summed E-state index contributed by atoms with van der Waals surface area (Å²) >= 11 is 0. The Morgan fingerprint density at radius 3 is 2.21 bits per heavy atom. The molecule has 0 unspecified atom stereocenters. The second-order valence-electron chi connectivity index (χ2n) is 4.82. The van der Waals surface area contributed by atoms with Gasteiger partial charge in [-0.1, -0.05) is 12.1 Å². The van der Waals surface area contributed by atoms with E-state index in [1.807, 2.05) is 0 Å². The van der Waals surface area contributed by atoms with Crippen LogP contribution in [0.2, 0.25) is 0 Å². The van der Waals surface area contributed by atoms with E-state index in [-0.39, 0.29) is 17.9 Å². The molecule has 0 bridgehead atoms. The molecule has 3 N–H and O–H groups in total. The van der Waals surface area contributed by atoms with Crippen molar-refractivity contribution in [1.82, 2.24) is 5.39 Å². The monoisotopic (exact) mass is 332 g/mol. The second kappa shape index (κ2) is 8.18. The average Bonchev–Trinajstić information content (AvgIpc) is 2.54. The number of ether oxygens (including phenoxy) is 1. The van der Waals surface area contributed by atoms with Crippen LogP contribution in [-0.4, -0.2) is 27.7 Å². The summed E-state index contributed by atoms with van der Waals surface area (Å²) in [5.41, 5.74) is 1.57. The van der Waals surface area contributed by atoms with E-state index in [1.165, 1.54) is 19.1 Å². The molecule has 24 heavy (non-hydrogen) atoms. The number of amides is 1. The van der Waals surface area contributed by atoms with Gasteiger partial charge in [0.25, 0.3) is 0 Å². The molecule has 2 aromatic carbocycles. The van der Waals surface area contributed by atoms with Crippen LogP contribution in [0.5, 0.6) is 5.75 Å². The predicted molar refractivity (Wildman–Crippen MR) is 82.3 cm³/mol. The van der Waals surface area contributed by atoms with Crippen LogP contribution in [-0.2, 0) is 16.2 Å². The normalized spacial score (nSPS) is 10.5. The number of esters is 1. The lowest BCUT2D eigenvalue weighted by Gasteiger charge is -2.08. The van der Waals surface area contributed by atoms with E-state index in [4.69, 9.17) is 15.2 Å². The van der Waals surface area contributed by atoms with E-state index in [0.29, 0.717) is 22.6 Å². The minimum atomic E-state index is -0.541. The fourth-order valence-corrected chi connectivity index (χ4v) is 1.84. The summed E-state index contributed by atoms with van der Waals surface area (Å²) < 4.78 is 5.23. The third-order valence-electron chi connectivity index (χ3n) is 2.92. The highest BCUT2D eigenvalue weighted by molar-refractivity contribution is 5.91. The molecule has 2 aromatic rings. The summed E-state index contributed by atoms with van der Waals surface area (Å²) in [5, 5.41) is 19.1. The Bertz CT molecular complexity index is 698. The van der Waals surface area contributed by atoms with Crippen LogP contribution in [0, 0.1) is 0 Å². The number of anilines is 1. The molecule has 0 aromatic heterocycles. The van der Waals surface area contributed by atoms with Gasteiger partial charge < -0.3 is 10.1 Å². The number of carbonyl (C=O) groups excluding carboxylic acids is 2. The highest BCUT2D eigenvalue weighted by atomic mass is 17.1. The van der Waals surface area contributed by atoms with Crippen molar-refractivity contribution in [1.29, 1.82) is 0 Å². The second-order valence-corrected chi connectivity index (χ2v) is 4.82. The first-order valence-corrected chi connectivity index (χ1v) is 6.93. The molecular weight excluding hydrogens is 316 g/mol. The maximum Gasteiger partial charge on any atom is 0.343 e. The summed E-state index contributed by atoms with van der Waals surface area (Å²) in [6.45, 7) is 1.34. The fraction of sp³-hybridized carbons (Fsp3) is 0.125. The standard InChI is InChI=1S/C16H16N2O6/c1-11(19)17-14-6-8-15(9-7-14)24-16(20)13-4-2-12(3-5-13)10-23-18(21)22/h2-9,21-22H,10H2,1H3,(H,17,19). The highest BCUT2D eigenvalue weighted by Crippen LogP contribution is 2.17. The van der Waals surface area contributed by atoms with Gasteiger partial charge in [0.1, 0.15) is 5.75 Å². The average molecular weight is 332 g/mol. The number of hydrogen-bond donors (Lipinski definition) is 3. The first-order valence-electron chi connectivity index (χ1n) is 6.93. The van der Waals surface area contributed by atoms with E-state index in [2.05, 4.69) is 10.2 Å². The minimum absolute atomic E-state index is 0.0626. The smallest absolute Gasteiger partial charge is 0.343 e. The van der Waals surface area contributed by atoms with Gasteiger partial charge in [-0.05, 0) is 42.0 Å². The molecule has 8 heteroatoms. The molecule has 0 saturated carbocycles. The van der Waals surface area contributed by atoms with E-state index in [0.717, 1.165) is 0 Å². The van der Waals surface area contributed by atoms with E-state index >= 15 is 0 Å². The SMILES string of the molecule is CC(=O)Nc1ccc(OC(=O)c2ccc(CON(O)O)cc2)cc1. The lowest BCUT2D eigenvalue weighted by atomic mass is 10.1. The number of hydrogen-bond acceptors (Lipinski definition) is 7. The van der Waals surface area contributed by atoms with Crippen LogP contribution in [0.3, 0.4) is 0 Å². The first-order chi connectivity index (χ1) is 11.4. The summed E-state index contributed by atoms with van der Waals surface area (Å²) in [6.07, 6.45) is 0. The molecular formula is C16H16N2O6. The Morgan fingerprint density at radius 1 is 1.04 bits per heavy atom. The van der Waals surface area contributed by atoms with Gasteiger partial charge >= 0.3 is 5.97 Å². The zero-order valence-corrected chi connectivity index (χ0v) is 12.8. The molecule has 0 atom stereocenters. The summed E-state index contributed by atoms with van der Waals surface area (Å²) in [7, 11) is 0. The lowest BCUT2D eigenvalue weighted by Crippen LogP contribution is -2.14. The van der Waals surface area contributed by atoms with Crippen LogP contribution in [0.4, 0.5) is 5.69 Å². The Balaban J connectivity index is 1.95. The summed E-state index contributed by atoms with van der Waals surface area (Å²) in [6, 6.07) is 12.7. The van der Waals surface area contributed by atoms with Gasteiger partial charge in [0.15, 0.2) is 0 Å². The topological polar surface area (TPSA) is 108 Å². The maximum atomic E-state index is 12.0. The molecule has 1 amide bonds. The van der Waals surface area contributed by atoms with Crippen molar-refractivity contribution in [3.05, 3.63) is 59.7 Å². The first kappa shape index (κ1) is 17.6. The van der Waals surface area contributed by atoms with Crippen molar-refractivity contribution in [2.75, 3.05) is 5.32 Å². The lowest BCUT2D eigenvalue weighted by molar-refractivity contribution is -0.497. The number of benzene rings is 2. The third-order valence-corrected chi connectivity index (χ3v) is 2.92. The quantitative estimate of drug-likeness (QED) is 0.423. The van der Waals surface area contributed by atoms with Crippen molar-refractivity contribution < 1.29 is 29.6 Å². The Morgan fingerprint density at radius 2 is 1.67 bits per heavy atom. The molecule has 8 nitrogen and oxygen atoms in total. The van der Waals surface area contributed by atoms with Crippen LogP contribution in [0.1, 0.15) is 22.8 Å². The highest BCUT2D eigenvalue weighted by Gasteiger charge is 2.09. The Kier molecular flexibility index (Phi) is 5.99. The van der Waals surface area contributed by atoms with Crippen LogP contribution in [0.15, 0.2) is 48.5 Å². The van der Waals surface area contributed by atoms with E-state index < -0.39 is 5.97 Å². The third kappa shape index (κ3) is 5.45. The molecule has 0 heterocycles. The molecule has 2 rings (SSSR count). The largest absolute Gasteiger partial charge is 0.423 e. The van der Waals surface area contributed by atoms with Crippen LogP contribution in [0.25, 0.3) is 0 Å². The molecule has 0 spiro atoms. The van der Waals surface area contributed by atoms with E-state index in [9.17, 15) is 9.59 Å². The molecule has 0 aliphatic carbocycles. The number of rotatable bonds is 6. The van der Waals surface area contributed by atoms with Gasteiger partial charge in [-0.15, -0.1) is 0 Å². The van der Waals surface area contributed by atoms with Crippen molar-refractivity contribution in [2.45, 2.75) is 13.5 Å². The molecule has 126 valence electrons. The summed E-state index contributed by atoms with van der Waals surface area (Å²) in [5.74, 6) is -0.382. The van der Waals surface area contributed by atoms with E-state index in [1.54, 1.807) is 36.4 Å². The van der Waals surface area contributed by atoms with Gasteiger partial charge in [-0.2, -0.15) is 0 Å². The van der Waals surface area contributed by atoms with Crippen LogP contribution < -0.4 is 10.1 Å². The fourth-order valence-electron chi connectivity index (χ4n) is 1.84. The Hall–Kier alpha value is -2.78. The van der Waals surface area contributed by atoms with Gasteiger partial charge in [-0.25, -0.2) is 9.63 Å². The molecule has 0 aliphatic heterocycles. The van der Waals surface area contributed by atoms with Gasteiger partial charge in [0.2, 0.25) is 5.91 Å². The minimum Gasteiger partial charge on any atom is -0.423 e. The van der Waals surface area contributed by atoms with Gasteiger partial charge in [0.05, 0.1) is 17.6 Å². The summed E-state index contributed by atoms with van der Waals surface area (Å²) in [4.78, 5) is 27.4. The van der Waals surface area contributed by atoms with Crippen LogP contribution >= 0.6 is 0 Å². The molecule has 0 saturated heterocycles. The molecule has 0 radical (unpaired) electrons. The molecule has 0 fully saturated rings. The van der Waals surface area contributed by atoms with Crippen molar-refractivity contribution in [3.63, 3.8) is 0 Å². The van der Waals surface area contributed by atoms with Crippen molar-refractivity contribution in [2.24, 2.45) is 0 Å². The molecule has 0 aliphatic rings. The van der Waals surface area contributed by atoms with Crippen molar-refractivity contribution in [3.8, 4) is 5.75 Å². The zero-order valence-electron chi connectivity index (χ0n) is 12.8. The van der Waals surface area contributed by atoms with Gasteiger partial charge in [-0.3, -0.25) is 15.2 Å².